The van der Waals surface area contributed by atoms with Crippen molar-refractivity contribution >= 4 is 5.91 Å². The SMILES string of the molecule is C=CCCCCCCNC(=O)CCCCCC=C. The Hall–Kier alpha value is -1.05. The molecule has 0 rings (SSSR count). The van der Waals surface area contributed by atoms with Crippen LogP contribution in [0.25, 0.3) is 0 Å². The number of carbonyl (C=O) groups is 1. The van der Waals surface area contributed by atoms with E-state index in [2.05, 4.69) is 18.5 Å². The molecule has 0 unspecified atom stereocenters. The first kappa shape index (κ1) is 16.9. The zero-order chi connectivity index (χ0) is 13.5. The standard InChI is InChI=1S/C16H29NO/c1-3-5-7-9-11-13-15-17-16(18)14-12-10-8-6-4-2/h3-4H,1-2,5-15H2,(H,17,18). The van der Waals surface area contributed by atoms with Crippen LogP contribution < -0.4 is 5.32 Å². The summed E-state index contributed by atoms with van der Waals surface area (Å²) in [4.78, 5) is 11.5. The maximum atomic E-state index is 11.5. The van der Waals surface area contributed by atoms with Gasteiger partial charge in [-0.3, -0.25) is 4.79 Å². The molecule has 0 atom stereocenters. The smallest absolute Gasteiger partial charge is 0.219 e. The molecular weight excluding hydrogens is 222 g/mol. The Balaban J connectivity index is 3.16. The molecule has 0 radical (unpaired) electrons. The average Bonchev–Trinajstić information content (AvgIpc) is 2.37. The molecule has 2 nitrogen and oxygen atoms in total. The van der Waals surface area contributed by atoms with Gasteiger partial charge >= 0.3 is 0 Å². The molecule has 18 heavy (non-hydrogen) atoms. The predicted octanol–water partition coefficient (Wildman–Crippen LogP) is 4.38. The number of hydrogen-bond acceptors (Lipinski definition) is 1. The van der Waals surface area contributed by atoms with E-state index in [0.29, 0.717) is 6.42 Å². The number of hydrogen-bond donors (Lipinski definition) is 1. The number of amides is 1. The van der Waals surface area contributed by atoms with Gasteiger partial charge in [-0.25, -0.2) is 0 Å². The van der Waals surface area contributed by atoms with Gasteiger partial charge in [-0.2, -0.15) is 0 Å². The molecule has 0 saturated heterocycles. The van der Waals surface area contributed by atoms with Crippen LogP contribution in [0.1, 0.15) is 64.2 Å². The van der Waals surface area contributed by atoms with Gasteiger partial charge in [-0.05, 0) is 38.5 Å². The second kappa shape index (κ2) is 14.0. The van der Waals surface area contributed by atoms with E-state index in [1.807, 2.05) is 12.2 Å². The lowest BCUT2D eigenvalue weighted by molar-refractivity contribution is -0.121. The lowest BCUT2D eigenvalue weighted by Gasteiger charge is -2.04. The van der Waals surface area contributed by atoms with E-state index >= 15 is 0 Å². The van der Waals surface area contributed by atoms with Crippen molar-refractivity contribution in [2.45, 2.75) is 64.2 Å². The lowest BCUT2D eigenvalue weighted by atomic mass is 10.1. The number of carbonyl (C=O) groups excluding carboxylic acids is 1. The molecule has 1 amide bonds. The van der Waals surface area contributed by atoms with Gasteiger partial charge in [0.05, 0.1) is 0 Å². The third kappa shape index (κ3) is 13.0. The molecule has 0 aliphatic carbocycles. The van der Waals surface area contributed by atoms with Gasteiger partial charge in [0, 0.05) is 13.0 Å². The van der Waals surface area contributed by atoms with Crippen LogP contribution in [0.5, 0.6) is 0 Å². The highest BCUT2D eigenvalue weighted by Crippen LogP contribution is 2.04. The fraction of sp³-hybridized carbons (Fsp3) is 0.688. The van der Waals surface area contributed by atoms with E-state index < -0.39 is 0 Å². The molecule has 0 aliphatic heterocycles. The fourth-order valence-electron chi connectivity index (χ4n) is 1.83. The highest BCUT2D eigenvalue weighted by molar-refractivity contribution is 5.75. The number of nitrogens with one attached hydrogen (secondary N) is 1. The second-order valence-electron chi connectivity index (χ2n) is 4.73. The number of rotatable bonds is 13. The van der Waals surface area contributed by atoms with Crippen LogP contribution in [-0.4, -0.2) is 12.5 Å². The topological polar surface area (TPSA) is 29.1 Å². The average molecular weight is 251 g/mol. The van der Waals surface area contributed by atoms with Gasteiger partial charge in [-0.15, -0.1) is 13.2 Å². The van der Waals surface area contributed by atoms with Crippen LogP contribution in [0.15, 0.2) is 25.3 Å². The second-order valence-corrected chi connectivity index (χ2v) is 4.73. The molecule has 0 aliphatic rings. The summed E-state index contributed by atoms with van der Waals surface area (Å²) in [5.74, 6) is 0.208. The van der Waals surface area contributed by atoms with Crippen LogP contribution in [0.3, 0.4) is 0 Å². The van der Waals surface area contributed by atoms with E-state index in [-0.39, 0.29) is 5.91 Å². The molecule has 0 aromatic carbocycles. The summed E-state index contributed by atoms with van der Waals surface area (Å²) in [6, 6.07) is 0. The van der Waals surface area contributed by atoms with Gasteiger partial charge < -0.3 is 5.32 Å². The quantitative estimate of drug-likeness (QED) is 0.382. The van der Waals surface area contributed by atoms with Crippen molar-refractivity contribution in [2.75, 3.05) is 6.54 Å². The maximum absolute atomic E-state index is 11.5. The largest absolute Gasteiger partial charge is 0.356 e. The van der Waals surface area contributed by atoms with Crippen LogP contribution in [0, 0.1) is 0 Å². The summed E-state index contributed by atoms with van der Waals surface area (Å²) in [7, 11) is 0. The van der Waals surface area contributed by atoms with Crippen molar-refractivity contribution in [3.05, 3.63) is 25.3 Å². The molecular formula is C16H29NO. The number of allylic oxidation sites excluding steroid dienone is 2. The van der Waals surface area contributed by atoms with Crippen molar-refractivity contribution in [3.8, 4) is 0 Å². The van der Waals surface area contributed by atoms with E-state index in [1.165, 1.54) is 19.3 Å². The van der Waals surface area contributed by atoms with Crippen molar-refractivity contribution in [2.24, 2.45) is 0 Å². The number of unbranched alkanes of at least 4 members (excludes halogenated alkanes) is 7. The fourth-order valence-corrected chi connectivity index (χ4v) is 1.83. The highest BCUT2D eigenvalue weighted by atomic mass is 16.1. The zero-order valence-corrected chi connectivity index (χ0v) is 11.8. The molecule has 0 heterocycles. The maximum Gasteiger partial charge on any atom is 0.219 e. The Labute approximate surface area is 113 Å². The van der Waals surface area contributed by atoms with Crippen LogP contribution in [0.2, 0.25) is 0 Å². The predicted molar refractivity (Wildman–Crippen MR) is 79.6 cm³/mol. The van der Waals surface area contributed by atoms with Crippen molar-refractivity contribution in [3.63, 3.8) is 0 Å². The minimum atomic E-state index is 0.208. The molecule has 0 aromatic rings. The summed E-state index contributed by atoms with van der Waals surface area (Å²) in [5, 5.41) is 2.99. The Kier molecular flexibility index (Phi) is 13.2. The molecule has 1 N–H and O–H groups in total. The summed E-state index contributed by atoms with van der Waals surface area (Å²) in [5.41, 5.74) is 0. The van der Waals surface area contributed by atoms with E-state index in [0.717, 1.165) is 45.1 Å². The molecule has 104 valence electrons. The Morgan fingerprint density at radius 3 is 2.00 bits per heavy atom. The van der Waals surface area contributed by atoms with Crippen LogP contribution in [-0.2, 0) is 4.79 Å². The van der Waals surface area contributed by atoms with Gasteiger partial charge in [0.25, 0.3) is 0 Å². The zero-order valence-electron chi connectivity index (χ0n) is 11.8. The molecule has 2 heteroatoms. The monoisotopic (exact) mass is 251 g/mol. The lowest BCUT2D eigenvalue weighted by Crippen LogP contribution is -2.23. The van der Waals surface area contributed by atoms with Crippen molar-refractivity contribution in [1.82, 2.24) is 5.32 Å². The third-order valence-corrected chi connectivity index (χ3v) is 2.97. The Bertz CT molecular complexity index is 223. The summed E-state index contributed by atoms with van der Waals surface area (Å²) < 4.78 is 0. The van der Waals surface area contributed by atoms with Gasteiger partial charge in [0.1, 0.15) is 0 Å². The third-order valence-electron chi connectivity index (χ3n) is 2.97. The summed E-state index contributed by atoms with van der Waals surface area (Å²) in [6.07, 6.45) is 14.8. The first-order chi connectivity index (χ1) is 8.81. The van der Waals surface area contributed by atoms with E-state index in [1.54, 1.807) is 0 Å². The van der Waals surface area contributed by atoms with Crippen LogP contribution in [0.4, 0.5) is 0 Å². The minimum absolute atomic E-state index is 0.208. The first-order valence-corrected chi connectivity index (χ1v) is 7.29. The first-order valence-electron chi connectivity index (χ1n) is 7.29. The van der Waals surface area contributed by atoms with Gasteiger partial charge in [0.2, 0.25) is 5.91 Å². The minimum Gasteiger partial charge on any atom is -0.356 e. The van der Waals surface area contributed by atoms with Crippen LogP contribution >= 0.6 is 0 Å². The van der Waals surface area contributed by atoms with Crippen molar-refractivity contribution in [1.29, 1.82) is 0 Å². The highest BCUT2D eigenvalue weighted by Gasteiger charge is 1.99. The Morgan fingerprint density at radius 1 is 0.833 bits per heavy atom. The van der Waals surface area contributed by atoms with Gasteiger partial charge in [-0.1, -0.05) is 31.4 Å². The normalized spacial score (nSPS) is 10.0. The Morgan fingerprint density at radius 2 is 1.39 bits per heavy atom. The molecule has 0 fully saturated rings. The molecule has 0 bridgehead atoms. The molecule has 0 saturated carbocycles. The van der Waals surface area contributed by atoms with Crippen molar-refractivity contribution < 1.29 is 4.79 Å². The van der Waals surface area contributed by atoms with E-state index in [9.17, 15) is 4.79 Å². The molecule has 0 aromatic heterocycles. The van der Waals surface area contributed by atoms with Gasteiger partial charge in [0.15, 0.2) is 0 Å². The molecule has 0 spiro atoms. The summed E-state index contributed by atoms with van der Waals surface area (Å²) in [6.45, 7) is 8.22. The van der Waals surface area contributed by atoms with E-state index in [4.69, 9.17) is 0 Å². The summed E-state index contributed by atoms with van der Waals surface area (Å²) >= 11 is 0.